The van der Waals surface area contributed by atoms with Crippen LogP contribution < -0.4 is 0 Å². The number of aromatic amines is 1. The number of hydrogen-bond acceptors (Lipinski definition) is 4. The molecule has 1 aromatic rings. The van der Waals surface area contributed by atoms with Crippen LogP contribution in [0.2, 0.25) is 0 Å². The molecule has 5 heteroatoms. The predicted molar refractivity (Wildman–Crippen MR) is 49.4 cm³/mol. The molecule has 0 saturated carbocycles. The van der Waals surface area contributed by atoms with Gasteiger partial charge in [0.1, 0.15) is 0 Å². The second kappa shape index (κ2) is 4.13. The molecule has 0 spiro atoms. The molecule has 0 bridgehead atoms. The van der Waals surface area contributed by atoms with Crippen LogP contribution >= 0.6 is 12.6 Å². The van der Waals surface area contributed by atoms with Crippen molar-refractivity contribution < 1.29 is 14.3 Å². The summed E-state index contributed by atoms with van der Waals surface area (Å²) in [5, 5.41) is 0.348. The third kappa shape index (κ3) is 2.12. The molecule has 1 aromatic heterocycles. The summed E-state index contributed by atoms with van der Waals surface area (Å²) in [5.74, 6) is -0.475. The van der Waals surface area contributed by atoms with Gasteiger partial charge in [-0.3, -0.25) is 4.79 Å². The highest BCUT2D eigenvalue weighted by Crippen LogP contribution is 2.14. The van der Waals surface area contributed by atoms with Crippen molar-refractivity contribution in [3.8, 4) is 0 Å². The lowest BCUT2D eigenvalue weighted by Gasteiger charge is -1.98. The van der Waals surface area contributed by atoms with Crippen LogP contribution in [-0.2, 0) is 4.74 Å². The van der Waals surface area contributed by atoms with Crippen LogP contribution in [0.25, 0.3) is 0 Å². The number of carbonyl (C=O) groups excluding carboxylic acids is 2. The SMILES string of the molecule is CCOC(=O)c1cc(C=O)[nH]c1S. The molecule has 0 fully saturated rings. The fourth-order valence-corrected chi connectivity index (χ4v) is 1.18. The lowest BCUT2D eigenvalue weighted by molar-refractivity contribution is 0.0522. The number of ether oxygens (including phenoxy) is 1. The molecule has 0 aromatic carbocycles. The monoisotopic (exact) mass is 199 g/mol. The molecule has 0 aliphatic rings. The second-order valence-corrected chi connectivity index (χ2v) is 2.77. The minimum atomic E-state index is -0.475. The zero-order valence-corrected chi connectivity index (χ0v) is 7.93. The summed E-state index contributed by atoms with van der Waals surface area (Å²) in [6, 6.07) is 1.41. The number of thiol groups is 1. The standard InChI is InChI=1S/C8H9NO3S/c1-2-12-8(11)6-3-5(4-10)9-7(6)13/h3-4,9,13H,2H2,1H3. The molecule has 0 radical (unpaired) electrons. The lowest BCUT2D eigenvalue weighted by atomic mass is 10.3. The molecule has 1 N–H and O–H groups in total. The third-order valence-corrected chi connectivity index (χ3v) is 1.79. The highest BCUT2D eigenvalue weighted by Gasteiger charge is 2.13. The first-order valence-corrected chi connectivity index (χ1v) is 4.18. The van der Waals surface area contributed by atoms with Crippen LogP contribution in [0.3, 0.4) is 0 Å². The Morgan fingerprint density at radius 3 is 2.92 bits per heavy atom. The molecule has 0 saturated heterocycles. The van der Waals surface area contributed by atoms with E-state index >= 15 is 0 Å². The minimum absolute atomic E-state index is 0.285. The van der Waals surface area contributed by atoms with Crippen molar-refractivity contribution in [3.63, 3.8) is 0 Å². The highest BCUT2D eigenvalue weighted by molar-refractivity contribution is 7.80. The number of aldehydes is 1. The van der Waals surface area contributed by atoms with Gasteiger partial charge in [0.2, 0.25) is 0 Å². The molecule has 0 unspecified atom stereocenters. The zero-order chi connectivity index (χ0) is 9.84. The quantitative estimate of drug-likeness (QED) is 0.438. The fourth-order valence-electron chi connectivity index (χ4n) is 0.892. The average Bonchev–Trinajstić information content (AvgIpc) is 2.47. The van der Waals surface area contributed by atoms with Gasteiger partial charge in [0.15, 0.2) is 6.29 Å². The summed E-state index contributed by atoms with van der Waals surface area (Å²) in [6.45, 7) is 2.01. The van der Waals surface area contributed by atoms with Gasteiger partial charge in [-0.1, -0.05) is 0 Å². The highest BCUT2D eigenvalue weighted by atomic mass is 32.1. The van der Waals surface area contributed by atoms with Crippen LogP contribution in [0.5, 0.6) is 0 Å². The van der Waals surface area contributed by atoms with Crippen molar-refractivity contribution in [2.75, 3.05) is 6.61 Å². The summed E-state index contributed by atoms with van der Waals surface area (Å²) in [7, 11) is 0. The topological polar surface area (TPSA) is 59.2 Å². The smallest absolute Gasteiger partial charge is 0.340 e. The lowest BCUT2D eigenvalue weighted by Crippen LogP contribution is -2.03. The Labute approximate surface area is 80.7 Å². The normalized spacial score (nSPS) is 9.69. The summed E-state index contributed by atoms with van der Waals surface area (Å²) in [5.41, 5.74) is 0.598. The molecule has 4 nitrogen and oxygen atoms in total. The van der Waals surface area contributed by atoms with E-state index in [-0.39, 0.29) is 5.56 Å². The first kappa shape index (κ1) is 9.85. The average molecular weight is 199 g/mol. The van der Waals surface area contributed by atoms with Crippen LogP contribution in [-0.4, -0.2) is 23.8 Å². The Kier molecular flexibility index (Phi) is 3.13. The fraction of sp³-hybridized carbons (Fsp3) is 0.250. The Bertz CT molecular complexity index is 332. The Hall–Kier alpha value is -1.23. The molecule has 13 heavy (non-hydrogen) atoms. The largest absolute Gasteiger partial charge is 0.462 e. The van der Waals surface area contributed by atoms with E-state index in [4.69, 9.17) is 4.74 Å². The van der Waals surface area contributed by atoms with Gasteiger partial charge in [0.05, 0.1) is 22.9 Å². The van der Waals surface area contributed by atoms with Gasteiger partial charge in [0.25, 0.3) is 0 Å². The van der Waals surface area contributed by atoms with Crippen molar-refractivity contribution in [1.82, 2.24) is 4.98 Å². The molecule has 0 aliphatic carbocycles. The maximum atomic E-state index is 11.2. The number of hydrogen-bond donors (Lipinski definition) is 2. The van der Waals surface area contributed by atoms with E-state index < -0.39 is 5.97 Å². The van der Waals surface area contributed by atoms with Crippen LogP contribution in [0.1, 0.15) is 27.8 Å². The summed E-state index contributed by atoms with van der Waals surface area (Å²) in [6.07, 6.45) is 0.614. The van der Waals surface area contributed by atoms with Crippen molar-refractivity contribution in [2.24, 2.45) is 0 Å². The van der Waals surface area contributed by atoms with Gasteiger partial charge < -0.3 is 9.72 Å². The number of aromatic nitrogens is 1. The maximum absolute atomic E-state index is 11.2. The molecule has 1 heterocycles. The van der Waals surface area contributed by atoms with Gasteiger partial charge in [0, 0.05) is 0 Å². The van der Waals surface area contributed by atoms with Crippen LogP contribution in [0.4, 0.5) is 0 Å². The molecular weight excluding hydrogens is 190 g/mol. The van der Waals surface area contributed by atoms with E-state index in [1.807, 2.05) is 0 Å². The number of H-pyrrole nitrogens is 1. The Morgan fingerprint density at radius 1 is 1.77 bits per heavy atom. The first-order chi connectivity index (χ1) is 6.19. The molecule has 0 amide bonds. The van der Waals surface area contributed by atoms with E-state index in [1.165, 1.54) is 6.07 Å². The van der Waals surface area contributed by atoms with Gasteiger partial charge in [-0.2, -0.15) is 0 Å². The van der Waals surface area contributed by atoms with Crippen LogP contribution in [0.15, 0.2) is 11.1 Å². The van der Waals surface area contributed by atoms with Gasteiger partial charge in [-0.25, -0.2) is 4.79 Å². The molecule has 0 aliphatic heterocycles. The molecule has 0 atom stereocenters. The summed E-state index contributed by atoms with van der Waals surface area (Å²) in [4.78, 5) is 24.2. The van der Waals surface area contributed by atoms with Crippen molar-refractivity contribution >= 4 is 24.9 Å². The Morgan fingerprint density at radius 2 is 2.46 bits per heavy atom. The third-order valence-electron chi connectivity index (χ3n) is 1.44. The minimum Gasteiger partial charge on any atom is -0.462 e. The second-order valence-electron chi connectivity index (χ2n) is 2.33. The number of carbonyl (C=O) groups is 2. The number of nitrogens with one attached hydrogen (secondary N) is 1. The van der Waals surface area contributed by atoms with E-state index in [0.29, 0.717) is 23.6 Å². The molecule has 70 valence electrons. The van der Waals surface area contributed by atoms with Crippen molar-refractivity contribution in [2.45, 2.75) is 11.9 Å². The van der Waals surface area contributed by atoms with E-state index in [9.17, 15) is 9.59 Å². The van der Waals surface area contributed by atoms with Crippen LogP contribution in [0, 0.1) is 0 Å². The first-order valence-electron chi connectivity index (χ1n) is 3.73. The Balaban J connectivity index is 2.93. The van der Waals surface area contributed by atoms with E-state index in [2.05, 4.69) is 17.6 Å². The maximum Gasteiger partial charge on any atom is 0.340 e. The van der Waals surface area contributed by atoms with Crippen molar-refractivity contribution in [1.29, 1.82) is 0 Å². The molecular formula is C8H9NO3S. The van der Waals surface area contributed by atoms with Gasteiger partial charge in [-0.15, -0.1) is 12.6 Å². The number of esters is 1. The van der Waals surface area contributed by atoms with Gasteiger partial charge >= 0.3 is 5.97 Å². The van der Waals surface area contributed by atoms with E-state index in [1.54, 1.807) is 6.92 Å². The van der Waals surface area contributed by atoms with Gasteiger partial charge in [-0.05, 0) is 13.0 Å². The zero-order valence-electron chi connectivity index (χ0n) is 7.03. The number of rotatable bonds is 3. The summed E-state index contributed by atoms with van der Waals surface area (Å²) >= 11 is 3.99. The van der Waals surface area contributed by atoms with E-state index in [0.717, 1.165) is 0 Å². The van der Waals surface area contributed by atoms with Crippen molar-refractivity contribution in [3.05, 3.63) is 17.3 Å². The molecule has 1 rings (SSSR count). The predicted octanol–water partition coefficient (Wildman–Crippen LogP) is 1.29. The summed E-state index contributed by atoms with van der Waals surface area (Å²) < 4.78 is 4.74.